The molecule has 0 aromatic heterocycles. The van der Waals surface area contributed by atoms with E-state index in [9.17, 15) is 14.4 Å². The minimum atomic E-state index is -1.15. The highest BCUT2D eigenvalue weighted by atomic mass is 16.6. The lowest BCUT2D eigenvalue weighted by atomic mass is 10.2. The number of carbonyl (C=O) groups excluding carboxylic acids is 2. The Balaban J connectivity index is 4.50. The predicted molar refractivity (Wildman–Crippen MR) is 89.1 cm³/mol. The van der Waals surface area contributed by atoms with Gasteiger partial charge in [0.05, 0.1) is 6.54 Å². The van der Waals surface area contributed by atoms with E-state index in [1.807, 2.05) is 0 Å². The number of carboxylic acid groups (broad SMARTS) is 1. The fourth-order valence-corrected chi connectivity index (χ4v) is 1.28. The smallest absolute Gasteiger partial charge is 0.411 e. The molecule has 0 aromatic rings. The van der Waals surface area contributed by atoms with Gasteiger partial charge >= 0.3 is 18.1 Å². The number of hydrogen-bond donors (Lipinski definition) is 4. The number of carbonyl (C=O) groups is 3. The number of terminal acetylenes is 1. The van der Waals surface area contributed by atoms with Gasteiger partial charge in [0, 0.05) is 11.3 Å². The molecule has 0 unspecified atom stereocenters. The van der Waals surface area contributed by atoms with Gasteiger partial charge in [-0.1, -0.05) is 5.92 Å². The summed E-state index contributed by atoms with van der Waals surface area (Å²) in [6.45, 7) is 6.47. The number of urea groups is 1. The molecule has 0 saturated carbocycles. The number of hydrogen-bond acceptors (Lipinski definition) is 4. The summed E-state index contributed by atoms with van der Waals surface area (Å²) in [4.78, 5) is 33.2. The van der Waals surface area contributed by atoms with Gasteiger partial charge in [0.2, 0.25) is 0 Å². The molecule has 0 aromatic carbocycles. The highest BCUT2D eigenvalue weighted by molar-refractivity contribution is 5.80. The van der Waals surface area contributed by atoms with Crippen LogP contribution in [0.4, 0.5) is 9.59 Å². The average molecular weight is 337 g/mol. The molecule has 0 atom stereocenters. The van der Waals surface area contributed by atoms with Gasteiger partial charge in [0.25, 0.3) is 0 Å². The van der Waals surface area contributed by atoms with Crippen LogP contribution in [0.5, 0.6) is 0 Å². The SMILES string of the molecule is C#C/C(=C\C=C(/C)NC(=O)OC(C)(C)C)CNC(=O)NCC(=O)O. The van der Waals surface area contributed by atoms with Crippen LogP contribution in [-0.2, 0) is 9.53 Å². The summed E-state index contributed by atoms with van der Waals surface area (Å²) in [6.07, 6.45) is 7.85. The van der Waals surface area contributed by atoms with Crippen molar-refractivity contribution in [3.05, 3.63) is 23.4 Å². The number of carboxylic acids is 1. The van der Waals surface area contributed by atoms with E-state index in [0.29, 0.717) is 11.3 Å². The standard InChI is InChI=1S/C16H23N3O5/c1-6-12(9-17-14(22)18-10-13(20)21)8-7-11(2)19-15(23)24-16(3,4)5/h1,7-8H,9-10H2,2-5H3,(H,19,23)(H,20,21)(H2,17,18,22)/b11-7+,12-8+. The van der Waals surface area contributed by atoms with Gasteiger partial charge in [-0.3, -0.25) is 10.1 Å². The second-order valence-electron chi connectivity index (χ2n) is 5.74. The van der Waals surface area contributed by atoms with E-state index in [4.69, 9.17) is 16.3 Å². The molecule has 0 rings (SSSR count). The molecular weight excluding hydrogens is 314 g/mol. The quantitative estimate of drug-likeness (QED) is 0.431. The topological polar surface area (TPSA) is 117 Å². The van der Waals surface area contributed by atoms with Crippen molar-refractivity contribution < 1.29 is 24.2 Å². The highest BCUT2D eigenvalue weighted by Gasteiger charge is 2.15. The molecular formula is C16H23N3O5. The van der Waals surface area contributed by atoms with Crippen LogP contribution in [0.1, 0.15) is 27.7 Å². The molecule has 0 spiro atoms. The number of nitrogens with one attached hydrogen (secondary N) is 3. The minimum absolute atomic E-state index is 0.0399. The van der Waals surface area contributed by atoms with Gasteiger partial charge in [-0.15, -0.1) is 6.42 Å². The molecule has 24 heavy (non-hydrogen) atoms. The van der Waals surface area contributed by atoms with E-state index in [0.717, 1.165) is 0 Å². The summed E-state index contributed by atoms with van der Waals surface area (Å²) in [7, 11) is 0. The number of rotatable bonds is 6. The van der Waals surface area contributed by atoms with Crippen LogP contribution in [0, 0.1) is 12.3 Å². The molecule has 132 valence electrons. The number of aliphatic carboxylic acids is 1. The van der Waals surface area contributed by atoms with Crippen molar-refractivity contribution in [2.45, 2.75) is 33.3 Å². The van der Waals surface area contributed by atoms with E-state index < -0.39 is 30.2 Å². The fourth-order valence-electron chi connectivity index (χ4n) is 1.28. The van der Waals surface area contributed by atoms with Gasteiger partial charge in [0.15, 0.2) is 0 Å². The first-order valence-electron chi connectivity index (χ1n) is 7.11. The molecule has 0 saturated heterocycles. The van der Waals surface area contributed by atoms with Crippen LogP contribution < -0.4 is 16.0 Å². The molecule has 0 heterocycles. The molecule has 0 aliphatic rings. The molecule has 0 radical (unpaired) electrons. The van der Waals surface area contributed by atoms with Crippen molar-refractivity contribution in [3.8, 4) is 12.3 Å². The number of amides is 3. The van der Waals surface area contributed by atoms with Crippen LogP contribution in [0.2, 0.25) is 0 Å². The average Bonchev–Trinajstić information content (AvgIpc) is 2.42. The summed E-state index contributed by atoms with van der Waals surface area (Å²) < 4.78 is 5.10. The Labute approximate surface area is 141 Å². The number of alkyl carbamates (subject to hydrolysis) is 1. The first-order valence-corrected chi connectivity index (χ1v) is 7.11. The third-order valence-corrected chi connectivity index (χ3v) is 2.26. The van der Waals surface area contributed by atoms with Crippen molar-refractivity contribution in [3.63, 3.8) is 0 Å². The van der Waals surface area contributed by atoms with Gasteiger partial charge in [-0.25, -0.2) is 9.59 Å². The van der Waals surface area contributed by atoms with E-state index in [1.165, 1.54) is 0 Å². The number of ether oxygens (including phenoxy) is 1. The van der Waals surface area contributed by atoms with E-state index in [2.05, 4.69) is 21.9 Å². The Hall–Kier alpha value is -2.95. The molecule has 0 aliphatic carbocycles. The first kappa shape index (κ1) is 21.0. The summed E-state index contributed by atoms with van der Waals surface area (Å²) >= 11 is 0. The van der Waals surface area contributed by atoms with Crippen molar-refractivity contribution in [2.75, 3.05) is 13.1 Å². The molecule has 4 N–H and O–H groups in total. The van der Waals surface area contributed by atoms with Crippen LogP contribution in [0.25, 0.3) is 0 Å². The lowest BCUT2D eigenvalue weighted by Gasteiger charge is -2.19. The summed E-state index contributed by atoms with van der Waals surface area (Å²) in [6, 6.07) is -0.647. The zero-order valence-electron chi connectivity index (χ0n) is 14.2. The Morgan fingerprint density at radius 3 is 2.25 bits per heavy atom. The molecule has 0 bridgehead atoms. The van der Waals surface area contributed by atoms with E-state index in [1.54, 1.807) is 39.8 Å². The van der Waals surface area contributed by atoms with E-state index in [-0.39, 0.29) is 6.54 Å². The molecule has 0 fully saturated rings. The van der Waals surface area contributed by atoms with Crippen molar-refractivity contribution in [1.82, 2.24) is 16.0 Å². The molecule has 3 amide bonds. The number of allylic oxidation sites excluding steroid dienone is 3. The Bertz CT molecular complexity index is 580. The summed E-state index contributed by atoms with van der Waals surface area (Å²) in [5.74, 6) is 1.23. The van der Waals surface area contributed by atoms with Crippen LogP contribution in [0.3, 0.4) is 0 Å². The maximum atomic E-state index is 11.6. The first-order chi connectivity index (χ1) is 11.0. The van der Waals surface area contributed by atoms with Crippen molar-refractivity contribution >= 4 is 18.1 Å². The summed E-state index contributed by atoms with van der Waals surface area (Å²) in [5.41, 5.74) is 0.343. The lowest BCUT2D eigenvalue weighted by molar-refractivity contribution is -0.135. The Morgan fingerprint density at radius 2 is 1.75 bits per heavy atom. The Morgan fingerprint density at radius 1 is 1.17 bits per heavy atom. The maximum absolute atomic E-state index is 11.6. The second-order valence-corrected chi connectivity index (χ2v) is 5.74. The van der Waals surface area contributed by atoms with Crippen LogP contribution >= 0.6 is 0 Å². The van der Waals surface area contributed by atoms with Gasteiger partial charge < -0.3 is 20.5 Å². The molecule has 8 nitrogen and oxygen atoms in total. The molecule has 0 aliphatic heterocycles. The van der Waals surface area contributed by atoms with Gasteiger partial charge in [-0.05, 0) is 39.8 Å². The monoisotopic (exact) mass is 337 g/mol. The Kier molecular flexibility index (Phi) is 8.72. The summed E-state index contributed by atoms with van der Waals surface area (Å²) in [5, 5.41) is 15.5. The van der Waals surface area contributed by atoms with Crippen LogP contribution in [-0.4, -0.2) is 41.9 Å². The third kappa shape index (κ3) is 11.7. The second kappa shape index (κ2) is 9.94. The fraction of sp³-hybridized carbons (Fsp3) is 0.438. The molecule has 8 heteroatoms. The van der Waals surface area contributed by atoms with E-state index >= 15 is 0 Å². The van der Waals surface area contributed by atoms with Crippen molar-refractivity contribution in [2.24, 2.45) is 0 Å². The largest absolute Gasteiger partial charge is 0.480 e. The van der Waals surface area contributed by atoms with Crippen molar-refractivity contribution in [1.29, 1.82) is 0 Å². The zero-order valence-corrected chi connectivity index (χ0v) is 14.2. The maximum Gasteiger partial charge on any atom is 0.411 e. The van der Waals surface area contributed by atoms with Crippen LogP contribution in [0.15, 0.2) is 23.4 Å². The normalized spacial score (nSPS) is 12.0. The third-order valence-electron chi connectivity index (χ3n) is 2.26. The van der Waals surface area contributed by atoms with Gasteiger partial charge in [0.1, 0.15) is 12.1 Å². The van der Waals surface area contributed by atoms with Gasteiger partial charge in [-0.2, -0.15) is 0 Å². The zero-order chi connectivity index (χ0) is 18.8. The predicted octanol–water partition coefficient (Wildman–Crippen LogP) is 1.36. The lowest BCUT2D eigenvalue weighted by Crippen LogP contribution is -2.39. The highest BCUT2D eigenvalue weighted by Crippen LogP contribution is 2.07. The minimum Gasteiger partial charge on any atom is -0.480 e.